The van der Waals surface area contributed by atoms with E-state index >= 15 is 0 Å². The number of nitrogens with one attached hydrogen (secondary N) is 2. The van der Waals surface area contributed by atoms with Crippen molar-refractivity contribution in [3.8, 4) is 23.0 Å². The van der Waals surface area contributed by atoms with Gasteiger partial charge in [0.05, 0.1) is 5.75 Å². The summed E-state index contributed by atoms with van der Waals surface area (Å²) in [5, 5.41) is 8.11. The summed E-state index contributed by atoms with van der Waals surface area (Å²) >= 11 is 1.06. The molecule has 28 heavy (non-hydrogen) atoms. The summed E-state index contributed by atoms with van der Waals surface area (Å²) in [4.78, 5) is 23.8. The van der Waals surface area contributed by atoms with Crippen LogP contribution in [0.2, 0.25) is 0 Å². The maximum atomic E-state index is 11.9. The molecule has 0 aliphatic carbocycles. The van der Waals surface area contributed by atoms with Crippen molar-refractivity contribution in [3.63, 3.8) is 0 Å². The fourth-order valence-corrected chi connectivity index (χ4v) is 2.93. The van der Waals surface area contributed by atoms with Gasteiger partial charge in [0, 0.05) is 11.1 Å². The first kappa shape index (κ1) is 17.9. The van der Waals surface area contributed by atoms with Gasteiger partial charge in [0.1, 0.15) is 0 Å². The number of hydrazine groups is 1. The number of fused-ring (bicyclic) bond motifs is 1. The zero-order valence-electron chi connectivity index (χ0n) is 14.4. The number of benzene rings is 2. The summed E-state index contributed by atoms with van der Waals surface area (Å²) in [6, 6.07) is 13.8. The lowest BCUT2D eigenvalue weighted by atomic mass is 10.2. The van der Waals surface area contributed by atoms with Crippen molar-refractivity contribution in [1.29, 1.82) is 0 Å². The fraction of sp³-hybridized carbons (Fsp3) is 0.111. The van der Waals surface area contributed by atoms with E-state index in [4.69, 9.17) is 13.9 Å². The second-order valence-electron chi connectivity index (χ2n) is 5.60. The number of aromatic nitrogens is 2. The Morgan fingerprint density at radius 3 is 2.68 bits per heavy atom. The normalized spacial score (nSPS) is 11.9. The number of rotatable bonds is 5. The lowest BCUT2D eigenvalue weighted by Crippen LogP contribution is -2.42. The summed E-state index contributed by atoms with van der Waals surface area (Å²) in [6.07, 6.45) is 0. The van der Waals surface area contributed by atoms with Gasteiger partial charge in [-0.2, -0.15) is 0 Å². The van der Waals surface area contributed by atoms with Gasteiger partial charge < -0.3 is 13.9 Å². The highest BCUT2D eigenvalue weighted by molar-refractivity contribution is 7.99. The molecule has 2 amide bonds. The van der Waals surface area contributed by atoms with Crippen molar-refractivity contribution in [3.05, 3.63) is 54.1 Å². The Labute approximate surface area is 163 Å². The van der Waals surface area contributed by atoms with E-state index in [1.807, 2.05) is 0 Å². The molecule has 0 radical (unpaired) electrons. The van der Waals surface area contributed by atoms with Crippen molar-refractivity contribution in [2.24, 2.45) is 0 Å². The molecule has 1 aliphatic rings. The van der Waals surface area contributed by atoms with Crippen molar-refractivity contribution in [1.82, 2.24) is 21.0 Å². The lowest BCUT2D eigenvalue weighted by molar-refractivity contribution is -0.119. The number of nitrogens with zero attached hydrogens (tertiary/aromatic N) is 2. The molecule has 0 spiro atoms. The molecule has 10 heteroatoms. The van der Waals surface area contributed by atoms with Crippen molar-refractivity contribution in [2.75, 3.05) is 12.5 Å². The number of carbonyl (C=O) groups is 2. The molecule has 0 bridgehead atoms. The van der Waals surface area contributed by atoms with Crippen LogP contribution in [0.4, 0.5) is 0 Å². The highest BCUT2D eigenvalue weighted by Gasteiger charge is 2.17. The minimum atomic E-state index is -0.405. The van der Waals surface area contributed by atoms with Crippen LogP contribution in [-0.4, -0.2) is 34.6 Å². The summed E-state index contributed by atoms with van der Waals surface area (Å²) in [7, 11) is 0. The predicted octanol–water partition coefficient (Wildman–Crippen LogP) is 2.02. The van der Waals surface area contributed by atoms with Crippen molar-refractivity contribution < 1.29 is 23.5 Å². The van der Waals surface area contributed by atoms with Gasteiger partial charge in [-0.15, -0.1) is 10.2 Å². The SMILES string of the molecule is O=C(CSc1nnc(-c2ccc3c(c2)OCO3)o1)NNC(=O)c1ccccc1. The summed E-state index contributed by atoms with van der Waals surface area (Å²) in [5.74, 6) is 0.765. The Balaban J connectivity index is 1.28. The number of hydrogen-bond donors (Lipinski definition) is 2. The van der Waals surface area contributed by atoms with Crippen LogP contribution in [0.15, 0.2) is 58.2 Å². The Bertz CT molecular complexity index is 1010. The molecule has 0 saturated heterocycles. The molecule has 1 aromatic heterocycles. The standard InChI is InChI=1S/C18H14N4O5S/c23-15(19-20-16(24)11-4-2-1-3-5-11)9-28-18-22-21-17(27-18)12-6-7-13-14(8-12)26-10-25-13/h1-8H,9-10H2,(H,19,23)(H,20,24). The highest BCUT2D eigenvalue weighted by atomic mass is 32.2. The van der Waals surface area contributed by atoms with E-state index in [9.17, 15) is 9.59 Å². The monoisotopic (exact) mass is 398 g/mol. The molecule has 9 nitrogen and oxygen atoms in total. The molecule has 0 atom stereocenters. The quantitative estimate of drug-likeness (QED) is 0.495. The molecule has 0 unspecified atom stereocenters. The van der Waals surface area contributed by atoms with Crippen molar-refractivity contribution in [2.45, 2.75) is 5.22 Å². The van der Waals surface area contributed by atoms with Gasteiger partial charge in [0.2, 0.25) is 18.6 Å². The maximum Gasteiger partial charge on any atom is 0.277 e. The van der Waals surface area contributed by atoms with Crippen molar-refractivity contribution >= 4 is 23.6 Å². The maximum absolute atomic E-state index is 11.9. The van der Waals surface area contributed by atoms with Crippen LogP contribution >= 0.6 is 11.8 Å². The zero-order chi connectivity index (χ0) is 19.3. The Morgan fingerprint density at radius 2 is 1.82 bits per heavy atom. The Hall–Kier alpha value is -3.53. The zero-order valence-corrected chi connectivity index (χ0v) is 15.2. The number of carbonyl (C=O) groups excluding carboxylic acids is 2. The van der Waals surface area contributed by atoms with Crippen LogP contribution in [0, 0.1) is 0 Å². The van der Waals surface area contributed by atoms with Gasteiger partial charge in [-0.05, 0) is 30.3 Å². The van der Waals surface area contributed by atoms with Gasteiger partial charge in [0.15, 0.2) is 11.5 Å². The van der Waals surface area contributed by atoms with Crippen LogP contribution in [-0.2, 0) is 4.79 Å². The van der Waals surface area contributed by atoms with E-state index in [0.29, 0.717) is 28.5 Å². The van der Waals surface area contributed by atoms with E-state index in [2.05, 4.69) is 21.0 Å². The number of amides is 2. The van der Waals surface area contributed by atoms with E-state index < -0.39 is 11.8 Å². The number of thioether (sulfide) groups is 1. The first-order chi connectivity index (χ1) is 13.7. The predicted molar refractivity (Wildman–Crippen MR) is 98.6 cm³/mol. The number of hydrogen-bond acceptors (Lipinski definition) is 8. The van der Waals surface area contributed by atoms with Crippen LogP contribution in [0.1, 0.15) is 10.4 Å². The molecule has 2 aromatic carbocycles. The lowest BCUT2D eigenvalue weighted by Gasteiger charge is -2.06. The molecular formula is C18H14N4O5S. The Morgan fingerprint density at radius 1 is 1.00 bits per heavy atom. The number of ether oxygens (including phenoxy) is 2. The minimum absolute atomic E-state index is 0.00214. The third-order valence-electron chi connectivity index (χ3n) is 3.70. The van der Waals surface area contributed by atoms with Crippen LogP contribution < -0.4 is 20.3 Å². The molecule has 2 N–H and O–H groups in total. The van der Waals surface area contributed by atoms with Gasteiger partial charge in [-0.1, -0.05) is 30.0 Å². The first-order valence-corrected chi connectivity index (χ1v) is 9.18. The topological polar surface area (TPSA) is 116 Å². The minimum Gasteiger partial charge on any atom is -0.454 e. The second-order valence-corrected chi connectivity index (χ2v) is 6.52. The largest absolute Gasteiger partial charge is 0.454 e. The third kappa shape index (κ3) is 4.07. The smallest absolute Gasteiger partial charge is 0.277 e. The molecule has 2 heterocycles. The van der Waals surface area contributed by atoms with E-state index in [0.717, 1.165) is 11.8 Å². The molecule has 142 valence electrons. The van der Waals surface area contributed by atoms with Gasteiger partial charge >= 0.3 is 0 Å². The first-order valence-electron chi connectivity index (χ1n) is 8.19. The second kappa shape index (κ2) is 8.01. The van der Waals surface area contributed by atoms with Crippen LogP contribution in [0.25, 0.3) is 11.5 Å². The van der Waals surface area contributed by atoms with E-state index in [-0.39, 0.29) is 17.8 Å². The molecule has 1 aliphatic heterocycles. The summed E-state index contributed by atoms with van der Waals surface area (Å²) in [6.45, 7) is 0.180. The average molecular weight is 398 g/mol. The highest BCUT2D eigenvalue weighted by Crippen LogP contribution is 2.35. The Kier molecular flexibility index (Phi) is 5.11. The van der Waals surface area contributed by atoms with Gasteiger partial charge in [-0.25, -0.2) is 0 Å². The molecular weight excluding hydrogens is 384 g/mol. The van der Waals surface area contributed by atoms with Gasteiger partial charge in [-0.3, -0.25) is 20.4 Å². The molecule has 0 saturated carbocycles. The van der Waals surface area contributed by atoms with Crippen LogP contribution in [0.5, 0.6) is 11.5 Å². The fourth-order valence-electron chi connectivity index (χ4n) is 2.37. The van der Waals surface area contributed by atoms with E-state index in [1.165, 1.54) is 0 Å². The third-order valence-corrected chi connectivity index (χ3v) is 4.52. The summed E-state index contributed by atoms with van der Waals surface area (Å²) in [5.41, 5.74) is 5.81. The van der Waals surface area contributed by atoms with Gasteiger partial charge in [0.25, 0.3) is 11.1 Å². The molecule has 4 rings (SSSR count). The van der Waals surface area contributed by atoms with E-state index in [1.54, 1.807) is 48.5 Å². The summed E-state index contributed by atoms with van der Waals surface area (Å²) < 4.78 is 16.1. The average Bonchev–Trinajstić information content (AvgIpc) is 3.39. The molecule has 0 fully saturated rings. The molecule has 3 aromatic rings. The van der Waals surface area contributed by atoms with Crippen LogP contribution in [0.3, 0.4) is 0 Å².